The first-order valence-electron chi connectivity index (χ1n) is 5.96. The van der Waals surface area contributed by atoms with Gasteiger partial charge in [0.25, 0.3) is 0 Å². The predicted molar refractivity (Wildman–Crippen MR) is 69.5 cm³/mol. The number of ether oxygens (including phenoxy) is 1. The Hall–Kier alpha value is -1.91. The van der Waals surface area contributed by atoms with Crippen molar-refractivity contribution in [2.75, 3.05) is 0 Å². The van der Waals surface area contributed by atoms with Crippen LogP contribution in [0, 0.1) is 5.82 Å². The fourth-order valence-corrected chi connectivity index (χ4v) is 1.81. The molecule has 2 rings (SSSR count). The predicted octanol–water partition coefficient (Wildman–Crippen LogP) is 3.16. The zero-order valence-corrected chi connectivity index (χ0v) is 10.5. The molecular weight excluding hydrogens is 247 g/mol. The quantitative estimate of drug-likeness (QED) is 0.889. The average Bonchev–Trinajstić information content (AvgIpc) is 2.41. The molecular formula is C15H15FO3. The Morgan fingerprint density at radius 2 is 1.89 bits per heavy atom. The molecule has 100 valence electrons. The molecule has 1 atom stereocenters. The van der Waals surface area contributed by atoms with E-state index in [9.17, 15) is 14.6 Å². The molecule has 0 aliphatic heterocycles. The molecule has 0 aromatic heterocycles. The molecule has 2 aromatic rings. The van der Waals surface area contributed by atoms with Gasteiger partial charge in [-0.05, 0) is 19.1 Å². The summed E-state index contributed by atoms with van der Waals surface area (Å²) in [7, 11) is 0. The number of rotatable bonds is 4. The van der Waals surface area contributed by atoms with E-state index in [2.05, 4.69) is 0 Å². The maximum atomic E-state index is 13.8. The monoisotopic (exact) mass is 262 g/mol. The van der Waals surface area contributed by atoms with Gasteiger partial charge in [-0.3, -0.25) is 0 Å². The normalized spacial score (nSPS) is 12.2. The van der Waals surface area contributed by atoms with Gasteiger partial charge < -0.3 is 14.9 Å². The van der Waals surface area contributed by atoms with Crippen LogP contribution in [0.1, 0.15) is 24.2 Å². The van der Waals surface area contributed by atoms with Crippen LogP contribution in [0.5, 0.6) is 11.5 Å². The lowest BCUT2D eigenvalue weighted by Crippen LogP contribution is -2.00. The Morgan fingerprint density at radius 3 is 2.58 bits per heavy atom. The second-order valence-electron chi connectivity index (χ2n) is 4.20. The van der Waals surface area contributed by atoms with Gasteiger partial charge in [0.05, 0.1) is 12.7 Å². The largest absolute Gasteiger partial charge is 0.454 e. The molecule has 19 heavy (non-hydrogen) atoms. The minimum atomic E-state index is -0.841. The molecule has 0 heterocycles. The van der Waals surface area contributed by atoms with Gasteiger partial charge in [0.2, 0.25) is 0 Å². The molecule has 0 aliphatic carbocycles. The van der Waals surface area contributed by atoms with E-state index in [-0.39, 0.29) is 12.4 Å². The molecule has 0 amide bonds. The van der Waals surface area contributed by atoms with Crippen molar-refractivity contribution >= 4 is 0 Å². The molecule has 3 nitrogen and oxygen atoms in total. The molecule has 0 bridgehead atoms. The Bertz CT molecular complexity index is 567. The summed E-state index contributed by atoms with van der Waals surface area (Å²) in [5.41, 5.74) is 0.926. The van der Waals surface area contributed by atoms with E-state index in [1.165, 1.54) is 12.1 Å². The number of benzene rings is 2. The van der Waals surface area contributed by atoms with Crippen LogP contribution in [-0.2, 0) is 6.61 Å². The summed E-state index contributed by atoms with van der Waals surface area (Å²) in [5.74, 6) is -0.193. The van der Waals surface area contributed by atoms with Crippen molar-refractivity contribution in [3.05, 3.63) is 59.4 Å². The summed E-state index contributed by atoms with van der Waals surface area (Å²) in [6.07, 6.45) is -0.841. The van der Waals surface area contributed by atoms with Gasteiger partial charge in [-0.1, -0.05) is 30.3 Å². The highest BCUT2D eigenvalue weighted by molar-refractivity contribution is 5.42. The molecule has 4 heteroatoms. The third-order valence-electron chi connectivity index (χ3n) is 2.80. The van der Waals surface area contributed by atoms with E-state index in [1.807, 2.05) is 0 Å². The van der Waals surface area contributed by atoms with E-state index in [4.69, 9.17) is 4.74 Å². The SMILES string of the molecule is C[C@H](O)c1cccc(F)c1Oc1ccccc1CO. The van der Waals surface area contributed by atoms with E-state index in [0.29, 0.717) is 16.9 Å². The van der Waals surface area contributed by atoms with Crippen LogP contribution >= 0.6 is 0 Å². The zero-order chi connectivity index (χ0) is 13.8. The smallest absolute Gasteiger partial charge is 0.168 e. The van der Waals surface area contributed by atoms with Crippen LogP contribution in [0.4, 0.5) is 4.39 Å². The maximum absolute atomic E-state index is 13.8. The van der Waals surface area contributed by atoms with E-state index < -0.39 is 11.9 Å². The number of aliphatic hydroxyl groups is 2. The zero-order valence-electron chi connectivity index (χ0n) is 10.5. The molecule has 0 radical (unpaired) electrons. The summed E-state index contributed by atoms with van der Waals surface area (Å²) in [5, 5.41) is 18.9. The Morgan fingerprint density at radius 1 is 1.16 bits per heavy atom. The van der Waals surface area contributed by atoms with Crippen molar-refractivity contribution in [2.24, 2.45) is 0 Å². The minimum Gasteiger partial charge on any atom is -0.454 e. The lowest BCUT2D eigenvalue weighted by Gasteiger charge is -2.15. The summed E-state index contributed by atoms with van der Waals surface area (Å²) >= 11 is 0. The second-order valence-corrected chi connectivity index (χ2v) is 4.20. The molecule has 0 saturated carbocycles. The molecule has 0 aliphatic rings. The maximum Gasteiger partial charge on any atom is 0.168 e. The summed E-state index contributed by atoms with van der Waals surface area (Å²) in [6.45, 7) is 1.34. The van der Waals surface area contributed by atoms with Gasteiger partial charge in [0.1, 0.15) is 5.75 Å². The van der Waals surface area contributed by atoms with Crippen molar-refractivity contribution in [3.8, 4) is 11.5 Å². The second kappa shape index (κ2) is 5.82. The Kier molecular flexibility index (Phi) is 4.14. The van der Waals surface area contributed by atoms with Crippen LogP contribution in [0.25, 0.3) is 0 Å². The number of para-hydroxylation sites is 2. The summed E-state index contributed by atoms with van der Waals surface area (Å²) < 4.78 is 19.4. The average molecular weight is 262 g/mol. The van der Waals surface area contributed by atoms with Gasteiger partial charge in [-0.2, -0.15) is 0 Å². The Balaban J connectivity index is 2.43. The highest BCUT2D eigenvalue weighted by Gasteiger charge is 2.15. The first kappa shape index (κ1) is 13.5. The summed E-state index contributed by atoms with van der Waals surface area (Å²) in [4.78, 5) is 0. The van der Waals surface area contributed by atoms with Crippen LogP contribution in [0.3, 0.4) is 0 Å². The van der Waals surface area contributed by atoms with Gasteiger partial charge in [-0.25, -0.2) is 4.39 Å². The van der Waals surface area contributed by atoms with Crippen molar-refractivity contribution in [1.29, 1.82) is 0 Å². The van der Waals surface area contributed by atoms with Crippen molar-refractivity contribution in [3.63, 3.8) is 0 Å². The third-order valence-corrected chi connectivity index (χ3v) is 2.80. The molecule has 0 saturated heterocycles. The van der Waals surface area contributed by atoms with Gasteiger partial charge in [0.15, 0.2) is 11.6 Å². The Labute approximate surface area is 110 Å². The number of hydrogen-bond acceptors (Lipinski definition) is 3. The third kappa shape index (κ3) is 2.92. The first-order valence-corrected chi connectivity index (χ1v) is 5.96. The summed E-state index contributed by atoms with van der Waals surface area (Å²) in [6, 6.07) is 11.2. The van der Waals surface area contributed by atoms with Crippen LogP contribution in [0.2, 0.25) is 0 Å². The van der Waals surface area contributed by atoms with Gasteiger partial charge >= 0.3 is 0 Å². The van der Waals surface area contributed by atoms with Crippen molar-refractivity contribution in [1.82, 2.24) is 0 Å². The van der Waals surface area contributed by atoms with E-state index in [0.717, 1.165) is 0 Å². The standard InChI is InChI=1S/C15H15FO3/c1-10(18)12-6-4-7-13(16)15(12)19-14-8-3-2-5-11(14)9-17/h2-8,10,17-18H,9H2,1H3/t10-/m0/s1. The number of hydrogen-bond donors (Lipinski definition) is 2. The van der Waals surface area contributed by atoms with Crippen molar-refractivity contribution < 1.29 is 19.3 Å². The molecule has 2 N–H and O–H groups in total. The molecule has 0 fully saturated rings. The van der Waals surface area contributed by atoms with Crippen LogP contribution in [0.15, 0.2) is 42.5 Å². The fourth-order valence-electron chi connectivity index (χ4n) is 1.81. The number of halogens is 1. The fraction of sp³-hybridized carbons (Fsp3) is 0.200. The number of aliphatic hydroxyl groups excluding tert-OH is 2. The lowest BCUT2D eigenvalue weighted by atomic mass is 10.1. The molecule has 2 aromatic carbocycles. The molecule has 0 spiro atoms. The van der Waals surface area contributed by atoms with Crippen molar-refractivity contribution in [2.45, 2.75) is 19.6 Å². The van der Waals surface area contributed by atoms with Gasteiger partial charge in [-0.15, -0.1) is 0 Å². The van der Waals surface area contributed by atoms with Crippen LogP contribution in [-0.4, -0.2) is 10.2 Å². The highest BCUT2D eigenvalue weighted by atomic mass is 19.1. The van der Waals surface area contributed by atoms with Gasteiger partial charge in [0, 0.05) is 11.1 Å². The van der Waals surface area contributed by atoms with Crippen LogP contribution < -0.4 is 4.74 Å². The topological polar surface area (TPSA) is 49.7 Å². The lowest BCUT2D eigenvalue weighted by molar-refractivity contribution is 0.194. The minimum absolute atomic E-state index is 0.0154. The first-order chi connectivity index (χ1) is 9.13. The molecule has 0 unspecified atom stereocenters. The highest BCUT2D eigenvalue weighted by Crippen LogP contribution is 2.33. The van der Waals surface area contributed by atoms with E-state index in [1.54, 1.807) is 37.3 Å². The van der Waals surface area contributed by atoms with E-state index >= 15 is 0 Å².